The lowest BCUT2D eigenvalue weighted by Crippen LogP contribution is -2.38. The molecule has 9 nitrogen and oxygen atoms in total. The van der Waals surface area contributed by atoms with E-state index in [1.807, 2.05) is 16.9 Å². The fourth-order valence-corrected chi connectivity index (χ4v) is 5.36. The molecule has 32 heavy (non-hydrogen) atoms. The molecule has 0 aliphatic carbocycles. The van der Waals surface area contributed by atoms with Gasteiger partial charge in [-0.15, -0.1) is 11.3 Å². The number of benzene rings is 1. The lowest BCUT2D eigenvalue weighted by molar-refractivity contribution is 0.0697. The number of rotatable bonds is 3. The van der Waals surface area contributed by atoms with Gasteiger partial charge in [-0.05, 0) is 24.6 Å². The summed E-state index contributed by atoms with van der Waals surface area (Å²) in [4.78, 5) is 42.4. The van der Waals surface area contributed by atoms with Gasteiger partial charge >= 0.3 is 11.7 Å². The van der Waals surface area contributed by atoms with Crippen LogP contribution in [-0.2, 0) is 20.6 Å². The van der Waals surface area contributed by atoms with E-state index in [1.54, 1.807) is 25.2 Å². The molecule has 2 N–H and O–H groups in total. The summed E-state index contributed by atoms with van der Waals surface area (Å²) in [5, 5.41) is 16.2. The molecule has 0 amide bonds. The molecule has 0 saturated carbocycles. The molecule has 0 bridgehead atoms. The minimum Gasteiger partial charge on any atom is -0.478 e. The minimum atomic E-state index is -1.04. The maximum absolute atomic E-state index is 13.4. The number of aromatic nitrogens is 4. The molecule has 0 spiro atoms. The third-order valence-corrected chi connectivity index (χ3v) is 6.96. The van der Waals surface area contributed by atoms with Crippen molar-refractivity contribution in [3.8, 4) is 11.3 Å². The largest absolute Gasteiger partial charge is 0.478 e. The molecule has 164 valence electrons. The second-order valence-electron chi connectivity index (χ2n) is 7.92. The smallest absolute Gasteiger partial charge is 0.335 e. The van der Waals surface area contributed by atoms with Gasteiger partial charge in [0.05, 0.1) is 27.9 Å². The monoisotopic (exact) mass is 451 g/mol. The molecular weight excluding hydrogens is 430 g/mol. The van der Waals surface area contributed by atoms with Crippen LogP contribution in [0.5, 0.6) is 0 Å². The van der Waals surface area contributed by atoms with Crippen molar-refractivity contribution in [3.05, 3.63) is 72.4 Å². The van der Waals surface area contributed by atoms with Gasteiger partial charge in [0.2, 0.25) is 0 Å². The summed E-state index contributed by atoms with van der Waals surface area (Å²) in [6.45, 7) is 3.13. The first-order chi connectivity index (χ1) is 15.3. The number of aryl methyl sites for hydroxylation is 2. The van der Waals surface area contributed by atoms with E-state index in [1.165, 1.54) is 29.0 Å². The van der Waals surface area contributed by atoms with Gasteiger partial charge in [-0.2, -0.15) is 0 Å². The third kappa shape index (κ3) is 2.87. The Bertz CT molecular complexity index is 1520. The van der Waals surface area contributed by atoms with E-state index in [4.69, 9.17) is 0 Å². The molecule has 10 heteroatoms. The number of carboxylic acid groups (broad SMARTS) is 1. The van der Waals surface area contributed by atoms with Crippen LogP contribution in [0.15, 0.2) is 39.2 Å². The zero-order chi connectivity index (χ0) is 22.7. The molecule has 0 saturated heterocycles. The highest BCUT2D eigenvalue weighted by molar-refractivity contribution is 7.09. The molecule has 0 radical (unpaired) electrons. The summed E-state index contributed by atoms with van der Waals surface area (Å²) in [5.74, 6) is -1.04. The predicted octanol–water partition coefficient (Wildman–Crippen LogP) is 1.86. The number of hydrogen-bond donors (Lipinski definition) is 2. The Balaban J connectivity index is 1.94. The van der Waals surface area contributed by atoms with Crippen LogP contribution in [0.2, 0.25) is 0 Å². The summed E-state index contributed by atoms with van der Waals surface area (Å²) in [5.41, 5.74) is 2.78. The Hall–Kier alpha value is -3.50. The number of carboxylic acids is 1. The quantitative estimate of drug-likeness (QED) is 0.492. The number of hydrogen-bond acceptors (Lipinski definition) is 6. The molecule has 4 heterocycles. The van der Waals surface area contributed by atoms with E-state index in [9.17, 15) is 19.5 Å². The van der Waals surface area contributed by atoms with Crippen molar-refractivity contribution in [3.63, 3.8) is 0 Å². The van der Waals surface area contributed by atoms with Gasteiger partial charge < -0.3 is 15.0 Å². The first kappa shape index (κ1) is 20.4. The number of thiazole rings is 1. The zero-order valence-electron chi connectivity index (χ0n) is 17.7. The highest BCUT2D eigenvalue weighted by Gasteiger charge is 2.33. The van der Waals surface area contributed by atoms with Crippen molar-refractivity contribution in [1.29, 1.82) is 0 Å². The molecule has 0 fully saturated rings. The van der Waals surface area contributed by atoms with Crippen LogP contribution >= 0.6 is 11.3 Å². The molecular formula is C22H21N5O4S. The van der Waals surface area contributed by atoms with Crippen LogP contribution in [0, 0.1) is 6.92 Å². The van der Waals surface area contributed by atoms with Gasteiger partial charge in [-0.25, -0.2) is 14.6 Å². The fraction of sp³-hybridized carbons (Fsp3) is 0.273. The Labute approximate surface area is 186 Å². The SMILES string of the molecule is Cc1csc(C2NCCn3c(-c4cccc(C(=O)O)c4)c4c(=O)n(C)c(=O)n(C)c4c32)n1. The summed E-state index contributed by atoms with van der Waals surface area (Å²) in [6, 6.07) is 6.26. The number of fused-ring (bicyclic) bond motifs is 3. The minimum absolute atomic E-state index is 0.133. The first-order valence-corrected chi connectivity index (χ1v) is 11.0. The number of aromatic carboxylic acids is 1. The van der Waals surface area contributed by atoms with Crippen molar-refractivity contribution >= 4 is 28.2 Å². The standard InChI is InChI=1S/C22H21N5O4S/c1-11-10-32-19(24-11)15-18-17-14(20(28)26(3)22(31)25(17)2)16(27(18)8-7-23-15)12-5-4-6-13(9-12)21(29)30/h4-6,9-10,15,23H,7-8H2,1-3H3,(H,29,30). The van der Waals surface area contributed by atoms with Crippen molar-refractivity contribution in [2.24, 2.45) is 14.1 Å². The number of nitrogens with zero attached hydrogens (tertiary/aromatic N) is 4. The third-order valence-electron chi connectivity index (χ3n) is 5.93. The van der Waals surface area contributed by atoms with Crippen LogP contribution in [0.1, 0.15) is 32.8 Å². The highest BCUT2D eigenvalue weighted by Crippen LogP contribution is 2.39. The van der Waals surface area contributed by atoms with Gasteiger partial charge in [-0.1, -0.05) is 12.1 Å². The zero-order valence-corrected chi connectivity index (χ0v) is 18.6. The highest BCUT2D eigenvalue weighted by atomic mass is 32.1. The van der Waals surface area contributed by atoms with E-state index in [-0.39, 0.29) is 11.6 Å². The normalized spacial score (nSPS) is 15.8. The molecule has 1 aromatic carbocycles. The maximum Gasteiger partial charge on any atom is 0.335 e. The Morgan fingerprint density at radius 3 is 2.72 bits per heavy atom. The molecule has 5 rings (SSSR count). The average Bonchev–Trinajstić information content (AvgIpc) is 3.37. The molecule has 3 aromatic heterocycles. The van der Waals surface area contributed by atoms with Crippen LogP contribution in [0.25, 0.3) is 22.2 Å². The second kappa shape index (κ2) is 7.28. The van der Waals surface area contributed by atoms with Crippen LogP contribution in [-0.4, -0.2) is 36.3 Å². The second-order valence-corrected chi connectivity index (χ2v) is 8.80. The summed E-state index contributed by atoms with van der Waals surface area (Å²) in [7, 11) is 3.11. The van der Waals surface area contributed by atoms with E-state index in [0.717, 1.165) is 21.0 Å². The van der Waals surface area contributed by atoms with Crippen molar-refractivity contribution < 1.29 is 9.90 Å². The molecule has 1 unspecified atom stereocenters. The molecule has 1 aliphatic rings. The van der Waals surface area contributed by atoms with Crippen molar-refractivity contribution in [2.45, 2.75) is 19.5 Å². The molecule has 1 atom stereocenters. The van der Waals surface area contributed by atoms with E-state index < -0.39 is 17.2 Å². The topological polar surface area (TPSA) is 111 Å². The number of carbonyl (C=O) groups is 1. The van der Waals surface area contributed by atoms with Gasteiger partial charge in [0.15, 0.2) is 0 Å². The lowest BCUT2D eigenvalue weighted by atomic mass is 10.1. The lowest BCUT2D eigenvalue weighted by Gasteiger charge is -2.27. The number of nitrogens with one attached hydrogen (secondary N) is 1. The van der Waals surface area contributed by atoms with Crippen molar-refractivity contribution in [1.82, 2.24) is 24.0 Å². The van der Waals surface area contributed by atoms with Crippen LogP contribution in [0.4, 0.5) is 0 Å². The summed E-state index contributed by atoms with van der Waals surface area (Å²) in [6.07, 6.45) is 0. The molecule has 1 aliphatic heterocycles. The molecule has 4 aromatic rings. The van der Waals surface area contributed by atoms with E-state index >= 15 is 0 Å². The first-order valence-electron chi connectivity index (χ1n) is 10.1. The fourth-order valence-electron chi connectivity index (χ4n) is 4.49. The summed E-state index contributed by atoms with van der Waals surface area (Å²) >= 11 is 1.52. The van der Waals surface area contributed by atoms with E-state index in [2.05, 4.69) is 10.3 Å². The predicted molar refractivity (Wildman–Crippen MR) is 122 cm³/mol. The maximum atomic E-state index is 13.4. The van der Waals surface area contributed by atoms with Gasteiger partial charge in [0.25, 0.3) is 5.56 Å². The Kier molecular flexibility index (Phi) is 4.64. The Morgan fingerprint density at radius 2 is 2.03 bits per heavy atom. The average molecular weight is 452 g/mol. The van der Waals surface area contributed by atoms with Crippen LogP contribution in [0.3, 0.4) is 0 Å². The van der Waals surface area contributed by atoms with Crippen LogP contribution < -0.4 is 16.6 Å². The van der Waals surface area contributed by atoms with Crippen molar-refractivity contribution in [2.75, 3.05) is 6.54 Å². The Morgan fingerprint density at radius 1 is 1.25 bits per heavy atom. The van der Waals surface area contributed by atoms with Gasteiger partial charge in [0, 0.05) is 38.3 Å². The van der Waals surface area contributed by atoms with Gasteiger partial charge in [-0.3, -0.25) is 13.9 Å². The van der Waals surface area contributed by atoms with Gasteiger partial charge in [0.1, 0.15) is 11.0 Å². The van der Waals surface area contributed by atoms with E-state index in [0.29, 0.717) is 35.2 Å². The summed E-state index contributed by atoms with van der Waals surface area (Å²) < 4.78 is 4.62.